The van der Waals surface area contributed by atoms with Gasteiger partial charge in [0.25, 0.3) is 10.1 Å². The smallest absolute Gasteiger partial charge is 0.329 e. The molecule has 0 amide bonds. The minimum absolute atomic E-state index is 0.160. The van der Waals surface area contributed by atoms with Crippen LogP contribution in [0.4, 0.5) is 0 Å². The Bertz CT molecular complexity index is 588. The van der Waals surface area contributed by atoms with Gasteiger partial charge in [-0.2, -0.15) is 8.42 Å². The molecule has 0 aromatic rings. The Kier molecular flexibility index (Phi) is 13.3. The van der Waals surface area contributed by atoms with Crippen molar-refractivity contribution in [3.05, 3.63) is 0 Å². The van der Waals surface area contributed by atoms with Crippen molar-refractivity contribution >= 4 is 28.0 Å². The highest BCUT2D eigenvalue weighted by Crippen LogP contribution is 2.21. The van der Waals surface area contributed by atoms with Crippen LogP contribution in [0.1, 0.15) is 27.2 Å². The SMILES string of the molecule is CCOCOC(=O)CC(C(=O)OCOCC)C(C(=O)OCOCC)S(=O)(=O)O. The van der Waals surface area contributed by atoms with Crippen LogP contribution in [-0.4, -0.2) is 76.3 Å². The zero-order valence-corrected chi connectivity index (χ0v) is 16.8. The van der Waals surface area contributed by atoms with Gasteiger partial charge in [0.15, 0.2) is 25.6 Å². The van der Waals surface area contributed by atoms with Crippen molar-refractivity contribution < 1.29 is 55.8 Å². The zero-order valence-electron chi connectivity index (χ0n) is 16.0. The largest absolute Gasteiger partial charge is 0.438 e. The van der Waals surface area contributed by atoms with E-state index in [1.165, 1.54) is 0 Å². The van der Waals surface area contributed by atoms with Crippen molar-refractivity contribution in [3.63, 3.8) is 0 Å². The Morgan fingerprint density at radius 1 is 0.786 bits per heavy atom. The highest BCUT2D eigenvalue weighted by atomic mass is 32.2. The predicted molar refractivity (Wildman–Crippen MR) is 91.2 cm³/mol. The van der Waals surface area contributed by atoms with Gasteiger partial charge in [0.1, 0.15) is 0 Å². The minimum Gasteiger partial charge on any atom is -0.438 e. The van der Waals surface area contributed by atoms with Gasteiger partial charge in [-0.1, -0.05) is 0 Å². The number of carbonyl (C=O) groups is 3. The summed E-state index contributed by atoms with van der Waals surface area (Å²) in [5, 5.41) is -2.43. The van der Waals surface area contributed by atoms with Gasteiger partial charge in [-0.3, -0.25) is 18.9 Å². The van der Waals surface area contributed by atoms with Crippen LogP contribution in [0.5, 0.6) is 0 Å². The topological polar surface area (TPSA) is 161 Å². The highest BCUT2D eigenvalue weighted by molar-refractivity contribution is 7.87. The zero-order chi connectivity index (χ0) is 21.6. The quantitative estimate of drug-likeness (QED) is 0.120. The average molecular weight is 430 g/mol. The number of ether oxygens (including phenoxy) is 6. The molecule has 0 aromatic heterocycles. The van der Waals surface area contributed by atoms with Crippen LogP contribution in [0.3, 0.4) is 0 Å². The molecule has 0 saturated heterocycles. The normalized spacial score (nSPS) is 13.4. The van der Waals surface area contributed by atoms with Gasteiger partial charge in [0.05, 0.1) is 12.3 Å². The summed E-state index contributed by atoms with van der Waals surface area (Å²) in [5.41, 5.74) is 0. The summed E-state index contributed by atoms with van der Waals surface area (Å²) in [6.07, 6.45) is -0.897. The highest BCUT2D eigenvalue weighted by Gasteiger charge is 2.46. The van der Waals surface area contributed by atoms with E-state index in [-0.39, 0.29) is 19.8 Å². The molecule has 0 aromatic carbocycles. The first-order chi connectivity index (χ1) is 13.2. The number of hydrogen-bond donors (Lipinski definition) is 1. The van der Waals surface area contributed by atoms with Crippen molar-refractivity contribution in [2.45, 2.75) is 32.4 Å². The lowest BCUT2D eigenvalue weighted by Crippen LogP contribution is -2.44. The van der Waals surface area contributed by atoms with E-state index in [9.17, 15) is 27.4 Å². The molecule has 0 rings (SSSR count). The van der Waals surface area contributed by atoms with Crippen LogP contribution in [0.25, 0.3) is 0 Å². The van der Waals surface area contributed by atoms with E-state index >= 15 is 0 Å². The molecule has 164 valence electrons. The van der Waals surface area contributed by atoms with Crippen LogP contribution in [0.15, 0.2) is 0 Å². The molecule has 12 nitrogen and oxygen atoms in total. The van der Waals surface area contributed by atoms with Gasteiger partial charge in [-0.15, -0.1) is 0 Å². The molecule has 28 heavy (non-hydrogen) atoms. The van der Waals surface area contributed by atoms with Gasteiger partial charge in [-0.05, 0) is 20.8 Å². The fraction of sp³-hybridized carbons (Fsp3) is 0.800. The van der Waals surface area contributed by atoms with E-state index in [0.717, 1.165) is 0 Å². The summed E-state index contributed by atoms with van der Waals surface area (Å²) in [6, 6.07) is 0. The molecule has 0 radical (unpaired) electrons. The fourth-order valence-electron chi connectivity index (χ4n) is 1.79. The Balaban J connectivity index is 5.47. The average Bonchev–Trinajstić information content (AvgIpc) is 2.60. The first kappa shape index (κ1) is 26.2. The van der Waals surface area contributed by atoms with E-state index in [1.807, 2.05) is 0 Å². The molecule has 0 heterocycles. The van der Waals surface area contributed by atoms with E-state index in [0.29, 0.717) is 0 Å². The lowest BCUT2D eigenvalue weighted by atomic mass is 10.0. The second-order valence-electron chi connectivity index (χ2n) is 5.02. The predicted octanol–water partition coefficient (Wildman–Crippen LogP) is -0.139. The Labute approximate surface area is 163 Å². The molecular formula is C15H26O12S. The molecule has 0 aliphatic rings. The first-order valence-corrected chi connectivity index (χ1v) is 9.87. The van der Waals surface area contributed by atoms with Crippen LogP contribution in [0, 0.1) is 5.92 Å². The molecule has 0 fully saturated rings. The van der Waals surface area contributed by atoms with E-state index in [2.05, 4.69) is 9.47 Å². The van der Waals surface area contributed by atoms with Crippen molar-refractivity contribution in [3.8, 4) is 0 Å². The van der Waals surface area contributed by atoms with E-state index < -0.39 is 66.0 Å². The summed E-state index contributed by atoms with van der Waals surface area (Å²) in [5.74, 6) is -5.78. The third-order valence-corrected chi connectivity index (χ3v) is 4.26. The molecule has 0 bridgehead atoms. The molecule has 2 atom stereocenters. The van der Waals surface area contributed by atoms with E-state index in [1.54, 1.807) is 20.8 Å². The lowest BCUT2D eigenvalue weighted by molar-refractivity contribution is -0.171. The van der Waals surface area contributed by atoms with Gasteiger partial charge >= 0.3 is 17.9 Å². The van der Waals surface area contributed by atoms with Crippen LogP contribution in [-0.2, 0) is 52.9 Å². The number of rotatable bonds is 15. The first-order valence-electron chi connectivity index (χ1n) is 8.37. The Morgan fingerprint density at radius 2 is 1.21 bits per heavy atom. The minimum atomic E-state index is -5.16. The molecule has 0 aliphatic heterocycles. The van der Waals surface area contributed by atoms with Crippen molar-refractivity contribution in [2.24, 2.45) is 5.92 Å². The number of hydrogen-bond acceptors (Lipinski definition) is 11. The van der Waals surface area contributed by atoms with Crippen LogP contribution < -0.4 is 0 Å². The Hall–Kier alpha value is -1.80. The number of carbonyl (C=O) groups excluding carboxylic acids is 3. The molecule has 1 N–H and O–H groups in total. The third-order valence-electron chi connectivity index (χ3n) is 3.09. The molecule has 0 spiro atoms. The molecule has 0 aliphatic carbocycles. The number of esters is 3. The fourth-order valence-corrected chi connectivity index (χ4v) is 2.73. The maximum atomic E-state index is 12.3. The monoisotopic (exact) mass is 430 g/mol. The summed E-state index contributed by atoms with van der Waals surface area (Å²) >= 11 is 0. The second kappa shape index (κ2) is 14.2. The summed E-state index contributed by atoms with van der Waals surface area (Å²) in [7, 11) is -5.16. The maximum Gasteiger partial charge on any atom is 0.329 e. The molecule has 13 heteroatoms. The van der Waals surface area contributed by atoms with Crippen molar-refractivity contribution in [1.29, 1.82) is 0 Å². The third kappa shape index (κ3) is 10.5. The molecule has 0 saturated carbocycles. The van der Waals surface area contributed by atoms with Gasteiger partial charge in [0.2, 0.25) is 0 Å². The van der Waals surface area contributed by atoms with Crippen molar-refractivity contribution in [1.82, 2.24) is 0 Å². The summed E-state index contributed by atoms with van der Waals surface area (Å²) < 4.78 is 61.3. The lowest BCUT2D eigenvalue weighted by Gasteiger charge is -2.21. The standard InChI is InChI=1S/C15H26O12S/c1-4-22-8-25-12(16)7-11(14(17)26-9-23-5-2)13(28(19,20)21)15(18)27-10-24-6-3/h11,13H,4-10H2,1-3H3,(H,19,20,21). The maximum absolute atomic E-state index is 12.3. The van der Waals surface area contributed by atoms with Gasteiger partial charge in [-0.25, -0.2) is 0 Å². The molecular weight excluding hydrogens is 404 g/mol. The van der Waals surface area contributed by atoms with Crippen LogP contribution >= 0.6 is 0 Å². The van der Waals surface area contributed by atoms with Crippen LogP contribution in [0.2, 0.25) is 0 Å². The van der Waals surface area contributed by atoms with E-state index in [4.69, 9.17) is 18.9 Å². The Morgan fingerprint density at radius 3 is 1.64 bits per heavy atom. The van der Waals surface area contributed by atoms with Gasteiger partial charge < -0.3 is 28.4 Å². The molecule has 2 unspecified atom stereocenters. The second-order valence-corrected chi connectivity index (χ2v) is 6.56. The van der Waals surface area contributed by atoms with Gasteiger partial charge in [0, 0.05) is 19.8 Å². The van der Waals surface area contributed by atoms with Crippen molar-refractivity contribution in [2.75, 3.05) is 40.2 Å². The summed E-state index contributed by atoms with van der Waals surface area (Å²) in [4.78, 5) is 36.3. The summed E-state index contributed by atoms with van der Waals surface area (Å²) in [6.45, 7) is 3.83.